The molecule has 1 atom stereocenters. The normalized spacial score (nSPS) is 17.7. The number of nitrogens with one attached hydrogen (secondary N) is 1. The molecular formula is C18H22BrN3OS. The fourth-order valence-corrected chi connectivity index (χ4v) is 3.98. The predicted molar refractivity (Wildman–Crippen MR) is 103 cm³/mol. The lowest BCUT2D eigenvalue weighted by Crippen LogP contribution is -2.41. The van der Waals surface area contributed by atoms with Gasteiger partial charge in [-0.15, -0.1) is 11.3 Å². The van der Waals surface area contributed by atoms with Crippen molar-refractivity contribution in [3.8, 4) is 0 Å². The Morgan fingerprint density at radius 2 is 2.21 bits per heavy atom. The maximum Gasteiger partial charge on any atom is 0.220 e. The van der Waals surface area contributed by atoms with Gasteiger partial charge in [0.1, 0.15) is 0 Å². The zero-order valence-corrected chi connectivity index (χ0v) is 16.0. The van der Waals surface area contributed by atoms with Gasteiger partial charge in [-0.1, -0.05) is 28.1 Å². The first-order valence-corrected chi connectivity index (χ1v) is 10.0. The lowest BCUT2D eigenvalue weighted by atomic mass is 9.98. The van der Waals surface area contributed by atoms with Gasteiger partial charge in [0, 0.05) is 42.1 Å². The summed E-state index contributed by atoms with van der Waals surface area (Å²) in [7, 11) is 0. The van der Waals surface area contributed by atoms with Crippen LogP contribution < -0.4 is 10.2 Å². The van der Waals surface area contributed by atoms with Crippen LogP contribution in [0.4, 0.5) is 5.13 Å². The number of carbonyl (C=O) groups is 1. The Hall–Kier alpha value is -1.40. The third-order valence-electron chi connectivity index (χ3n) is 4.35. The number of amides is 1. The molecule has 0 saturated carbocycles. The summed E-state index contributed by atoms with van der Waals surface area (Å²) in [6.07, 6.45) is 5.53. The number of rotatable bonds is 6. The smallest absolute Gasteiger partial charge is 0.220 e. The van der Waals surface area contributed by atoms with Crippen molar-refractivity contribution in [3.05, 3.63) is 45.9 Å². The summed E-state index contributed by atoms with van der Waals surface area (Å²) in [5, 5.41) is 6.22. The summed E-state index contributed by atoms with van der Waals surface area (Å²) in [5.41, 5.74) is 1.20. The molecule has 24 heavy (non-hydrogen) atoms. The number of carbonyl (C=O) groups excluding carboxylic acids is 1. The highest BCUT2D eigenvalue weighted by Gasteiger charge is 2.21. The maximum atomic E-state index is 12.1. The molecule has 1 aromatic heterocycles. The second-order valence-corrected chi connectivity index (χ2v) is 7.99. The fraction of sp³-hybridized carbons (Fsp3) is 0.444. The predicted octanol–water partition coefficient (Wildman–Crippen LogP) is 3.87. The standard InChI is InChI=1S/C18H22BrN3OS/c19-16-6-3-14(4-7-16)5-8-17(23)21-12-15-2-1-10-22(13-15)18-20-9-11-24-18/h3-4,6-7,9,11,15H,1-2,5,8,10,12-13H2,(H,21,23)/t15-/m0/s1. The van der Waals surface area contributed by atoms with Gasteiger partial charge in [-0.3, -0.25) is 4.79 Å². The molecule has 3 rings (SSSR count). The molecule has 2 heterocycles. The van der Waals surface area contributed by atoms with Crippen LogP contribution in [0.1, 0.15) is 24.8 Å². The van der Waals surface area contributed by atoms with Crippen LogP contribution in [0.5, 0.6) is 0 Å². The highest BCUT2D eigenvalue weighted by Crippen LogP contribution is 2.24. The number of anilines is 1. The first kappa shape index (κ1) is 17.4. The number of hydrogen-bond acceptors (Lipinski definition) is 4. The molecule has 1 aliphatic heterocycles. The van der Waals surface area contributed by atoms with Crippen molar-refractivity contribution in [1.29, 1.82) is 0 Å². The molecule has 1 saturated heterocycles. The van der Waals surface area contributed by atoms with Crippen LogP contribution in [0, 0.1) is 5.92 Å². The van der Waals surface area contributed by atoms with Crippen molar-refractivity contribution < 1.29 is 4.79 Å². The topological polar surface area (TPSA) is 45.2 Å². The lowest BCUT2D eigenvalue weighted by molar-refractivity contribution is -0.121. The Bertz CT molecular complexity index is 645. The van der Waals surface area contributed by atoms with E-state index in [0.717, 1.165) is 35.7 Å². The van der Waals surface area contributed by atoms with Crippen LogP contribution in [0.3, 0.4) is 0 Å². The van der Waals surface area contributed by atoms with Gasteiger partial charge in [-0.2, -0.15) is 0 Å². The van der Waals surface area contributed by atoms with Crippen LogP contribution in [0.15, 0.2) is 40.3 Å². The van der Waals surface area contributed by atoms with Crippen LogP contribution in [-0.4, -0.2) is 30.5 Å². The highest BCUT2D eigenvalue weighted by molar-refractivity contribution is 9.10. The summed E-state index contributed by atoms with van der Waals surface area (Å²) >= 11 is 5.11. The van der Waals surface area contributed by atoms with Crippen molar-refractivity contribution >= 4 is 38.3 Å². The third-order valence-corrected chi connectivity index (χ3v) is 5.71. The number of piperidine rings is 1. The van der Waals surface area contributed by atoms with Crippen LogP contribution in [0.2, 0.25) is 0 Å². The molecule has 0 bridgehead atoms. The van der Waals surface area contributed by atoms with Gasteiger partial charge in [-0.25, -0.2) is 4.98 Å². The molecule has 1 N–H and O–H groups in total. The van der Waals surface area contributed by atoms with Crippen LogP contribution in [-0.2, 0) is 11.2 Å². The number of nitrogens with zero attached hydrogens (tertiary/aromatic N) is 2. The monoisotopic (exact) mass is 407 g/mol. The molecular weight excluding hydrogens is 386 g/mol. The molecule has 2 aromatic rings. The van der Waals surface area contributed by atoms with Crippen molar-refractivity contribution in [2.45, 2.75) is 25.7 Å². The molecule has 0 radical (unpaired) electrons. The van der Waals surface area contributed by atoms with Gasteiger partial charge in [0.15, 0.2) is 5.13 Å². The van der Waals surface area contributed by atoms with Crippen molar-refractivity contribution in [3.63, 3.8) is 0 Å². The Labute approximate surface area is 155 Å². The quantitative estimate of drug-likeness (QED) is 0.789. The maximum absolute atomic E-state index is 12.1. The van der Waals surface area contributed by atoms with Gasteiger partial charge in [0.25, 0.3) is 0 Å². The molecule has 1 amide bonds. The largest absolute Gasteiger partial charge is 0.356 e. The Kier molecular flexibility index (Phi) is 6.26. The minimum Gasteiger partial charge on any atom is -0.356 e. The summed E-state index contributed by atoms with van der Waals surface area (Å²) in [5.74, 6) is 0.656. The van der Waals surface area contributed by atoms with Crippen LogP contribution in [0.25, 0.3) is 0 Å². The molecule has 6 heteroatoms. The SMILES string of the molecule is O=C(CCc1ccc(Br)cc1)NC[C@@H]1CCCN(c2nccs2)C1. The van der Waals surface area contributed by atoms with E-state index < -0.39 is 0 Å². The molecule has 128 valence electrons. The van der Waals surface area contributed by atoms with Gasteiger partial charge < -0.3 is 10.2 Å². The Balaban J connectivity index is 1.40. The first-order chi connectivity index (χ1) is 11.7. The minimum absolute atomic E-state index is 0.143. The van der Waals surface area contributed by atoms with Crippen molar-refractivity contribution in [1.82, 2.24) is 10.3 Å². The van der Waals surface area contributed by atoms with E-state index in [1.54, 1.807) is 11.3 Å². The number of thiazole rings is 1. The van der Waals surface area contributed by atoms with Crippen molar-refractivity contribution in [2.24, 2.45) is 5.92 Å². The van der Waals surface area contributed by atoms with Gasteiger partial charge >= 0.3 is 0 Å². The number of halogens is 1. The second kappa shape index (κ2) is 8.62. The summed E-state index contributed by atoms with van der Waals surface area (Å²) in [6.45, 7) is 2.82. The molecule has 1 aromatic carbocycles. The summed E-state index contributed by atoms with van der Waals surface area (Å²) < 4.78 is 1.07. The van der Waals surface area contributed by atoms with Gasteiger partial charge in [0.05, 0.1) is 0 Å². The van der Waals surface area contributed by atoms with Gasteiger partial charge in [0.2, 0.25) is 5.91 Å². The second-order valence-electron chi connectivity index (χ2n) is 6.20. The molecule has 4 nitrogen and oxygen atoms in total. The van der Waals surface area contributed by atoms with E-state index in [0.29, 0.717) is 12.3 Å². The average Bonchev–Trinajstić information content (AvgIpc) is 3.14. The summed E-state index contributed by atoms with van der Waals surface area (Å²) in [6, 6.07) is 8.15. The minimum atomic E-state index is 0.143. The van der Waals surface area contributed by atoms with E-state index >= 15 is 0 Å². The molecule has 0 unspecified atom stereocenters. The number of aromatic nitrogens is 1. The third kappa shape index (κ3) is 5.05. The first-order valence-electron chi connectivity index (χ1n) is 8.36. The number of hydrogen-bond donors (Lipinski definition) is 1. The molecule has 1 aliphatic rings. The van der Waals surface area contributed by atoms with E-state index in [9.17, 15) is 4.79 Å². The summed E-state index contributed by atoms with van der Waals surface area (Å²) in [4.78, 5) is 18.8. The number of aryl methyl sites for hydroxylation is 1. The zero-order valence-electron chi connectivity index (χ0n) is 13.6. The van der Waals surface area contributed by atoms with E-state index in [-0.39, 0.29) is 5.91 Å². The van der Waals surface area contributed by atoms with E-state index in [1.807, 2.05) is 23.7 Å². The number of benzene rings is 1. The highest BCUT2D eigenvalue weighted by atomic mass is 79.9. The lowest BCUT2D eigenvalue weighted by Gasteiger charge is -2.32. The molecule has 0 aliphatic carbocycles. The van der Waals surface area contributed by atoms with E-state index in [2.05, 4.69) is 43.3 Å². The van der Waals surface area contributed by atoms with Crippen LogP contribution >= 0.6 is 27.3 Å². The van der Waals surface area contributed by atoms with E-state index in [4.69, 9.17) is 0 Å². The zero-order chi connectivity index (χ0) is 16.8. The Morgan fingerprint density at radius 3 is 2.96 bits per heavy atom. The van der Waals surface area contributed by atoms with E-state index in [1.165, 1.54) is 18.4 Å². The molecule has 0 spiro atoms. The Morgan fingerprint density at radius 1 is 1.38 bits per heavy atom. The van der Waals surface area contributed by atoms with Gasteiger partial charge in [-0.05, 0) is 42.9 Å². The fourth-order valence-electron chi connectivity index (χ4n) is 3.03. The average molecular weight is 408 g/mol. The molecule has 1 fully saturated rings. The van der Waals surface area contributed by atoms with Crippen molar-refractivity contribution in [2.75, 3.05) is 24.5 Å².